The molecular weight excluding hydrogens is 290 g/mol. The van der Waals surface area contributed by atoms with Crippen molar-refractivity contribution < 1.29 is 4.74 Å². The fraction of sp³-hybridized carbons (Fsp3) is 0.786. The molecule has 1 N–H and O–H groups in total. The van der Waals surface area contributed by atoms with E-state index in [1.165, 1.54) is 19.3 Å². The zero-order valence-corrected chi connectivity index (χ0v) is 13.1. The minimum Gasteiger partial charge on any atom is -0.378 e. The highest BCUT2D eigenvalue weighted by Gasteiger charge is 2.23. The van der Waals surface area contributed by atoms with E-state index >= 15 is 0 Å². The predicted molar refractivity (Wildman–Crippen MR) is 82.9 cm³/mol. The minimum atomic E-state index is 0.244. The lowest BCUT2D eigenvalue weighted by Crippen LogP contribution is -2.37. The van der Waals surface area contributed by atoms with E-state index in [0.717, 1.165) is 25.6 Å². The number of rotatable bonds is 4. The van der Waals surface area contributed by atoms with E-state index in [9.17, 15) is 0 Å². The van der Waals surface area contributed by atoms with Crippen molar-refractivity contribution in [2.24, 2.45) is 11.8 Å². The van der Waals surface area contributed by atoms with Gasteiger partial charge in [-0.3, -0.25) is 0 Å². The summed E-state index contributed by atoms with van der Waals surface area (Å²) in [6.07, 6.45) is 3.93. The van der Waals surface area contributed by atoms with E-state index in [4.69, 9.17) is 16.3 Å². The normalized spacial score (nSPS) is 26.1. The molecule has 2 heterocycles. The second-order valence-electron chi connectivity index (χ2n) is 5.88. The van der Waals surface area contributed by atoms with E-state index in [-0.39, 0.29) is 5.28 Å². The molecule has 0 amide bonds. The summed E-state index contributed by atoms with van der Waals surface area (Å²) in [7, 11) is 0. The van der Waals surface area contributed by atoms with Crippen LogP contribution in [0.1, 0.15) is 26.2 Å². The average Bonchev–Trinajstić information content (AvgIpc) is 2.91. The standard InChI is InChI=1S/C14H22ClN5O/c1-10-3-2-4-11(10)9-16-13-17-12(15)18-14(19-13)20-5-7-21-8-6-20/h10-11H,2-9H2,1H3,(H,16,17,18,19). The maximum absolute atomic E-state index is 6.03. The number of nitrogens with one attached hydrogen (secondary N) is 1. The van der Waals surface area contributed by atoms with Gasteiger partial charge >= 0.3 is 0 Å². The van der Waals surface area contributed by atoms with Crippen LogP contribution in [-0.4, -0.2) is 47.8 Å². The molecular formula is C14H22ClN5O. The van der Waals surface area contributed by atoms with Gasteiger partial charge in [-0.25, -0.2) is 0 Å². The van der Waals surface area contributed by atoms with Crippen molar-refractivity contribution in [3.8, 4) is 0 Å². The van der Waals surface area contributed by atoms with Gasteiger partial charge < -0.3 is 15.0 Å². The molecule has 1 saturated heterocycles. The molecule has 2 unspecified atom stereocenters. The minimum absolute atomic E-state index is 0.244. The summed E-state index contributed by atoms with van der Waals surface area (Å²) in [5, 5.41) is 3.58. The fourth-order valence-corrected chi connectivity index (χ4v) is 3.23. The number of halogens is 1. The van der Waals surface area contributed by atoms with Gasteiger partial charge in [0.1, 0.15) is 0 Å². The Kier molecular flexibility index (Phi) is 4.75. The molecule has 1 aromatic heterocycles. The Hall–Kier alpha value is -1.14. The van der Waals surface area contributed by atoms with Crippen LogP contribution >= 0.6 is 11.6 Å². The summed E-state index contributed by atoms with van der Waals surface area (Å²) in [4.78, 5) is 15.0. The summed E-state index contributed by atoms with van der Waals surface area (Å²) in [5.41, 5.74) is 0. The van der Waals surface area contributed by atoms with Crippen molar-refractivity contribution >= 4 is 23.5 Å². The van der Waals surface area contributed by atoms with E-state index in [2.05, 4.69) is 32.1 Å². The largest absolute Gasteiger partial charge is 0.378 e. The fourth-order valence-electron chi connectivity index (χ4n) is 3.07. The summed E-state index contributed by atoms with van der Waals surface area (Å²) < 4.78 is 5.35. The van der Waals surface area contributed by atoms with Crippen molar-refractivity contribution in [3.63, 3.8) is 0 Å². The Morgan fingerprint density at radius 2 is 2.05 bits per heavy atom. The van der Waals surface area contributed by atoms with Crippen molar-refractivity contribution in [2.45, 2.75) is 26.2 Å². The van der Waals surface area contributed by atoms with Crippen LogP contribution in [0.3, 0.4) is 0 Å². The number of ether oxygens (including phenoxy) is 1. The van der Waals surface area contributed by atoms with Crippen molar-refractivity contribution in [1.82, 2.24) is 15.0 Å². The Morgan fingerprint density at radius 3 is 2.76 bits per heavy atom. The predicted octanol–water partition coefficient (Wildman–Crippen LogP) is 2.21. The number of nitrogens with zero attached hydrogens (tertiary/aromatic N) is 4. The van der Waals surface area contributed by atoms with Crippen molar-refractivity contribution in [1.29, 1.82) is 0 Å². The van der Waals surface area contributed by atoms with Gasteiger partial charge in [-0.1, -0.05) is 19.8 Å². The van der Waals surface area contributed by atoms with Crippen LogP contribution in [0.4, 0.5) is 11.9 Å². The van der Waals surface area contributed by atoms with Gasteiger partial charge in [0.05, 0.1) is 13.2 Å². The van der Waals surface area contributed by atoms with E-state index < -0.39 is 0 Å². The molecule has 6 nitrogen and oxygen atoms in total. The summed E-state index contributed by atoms with van der Waals surface area (Å²) in [6, 6.07) is 0. The van der Waals surface area contributed by atoms with Crippen LogP contribution in [-0.2, 0) is 4.74 Å². The number of aromatic nitrogens is 3. The number of hydrogen-bond acceptors (Lipinski definition) is 6. The molecule has 2 aliphatic rings. The highest BCUT2D eigenvalue weighted by atomic mass is 35.5. The van der Waals surface area contributed by atoms with Gasteiger partial charge in [-0.2, -0.15) is 15.0 Å². The lowest BCUT2D eigenvalue weighted by atomic mass is 9.98. The molecule has 2 atom stereocenters. The Balaban J connectivity index is 1.65. The third-order valence-corrected chi connectivity index (χ3v) is 4.62. The maximum atomic E-state index is 6.03. The first kappa shape index (κ1) is 14.8. The molecule has 1 aromatic rings. The highest BCUT2D eigenvalue weighted by molar-refractivity contribution is 6.28. The smallest absolute Gasteiger partial charge is 0.231 e. The molecule has 1 aliphatic carbocycles. The monoisotopic (exact) mass is 311 g/mol. The lowest BCUT2D eigenvalue weighted by Gasteiger charge is -2.27. The van der Waals surface area contributed by atoms with Gasteiger partial charge in [-0.15, -0.1) is 0 Å². The molecule has 116 valence electrons. The molecule has 7 heteroatoms. The third kappa shape index (κ3) is 3.74. The van der Waals surface area contributed by atoms with Gasteiger partial charge in [0, 0.05) is 19.6 Å². The quantitative estimate of drug-likeness (QED) is 0.920. The van der Waals surface area contributed by atoms with Gasteiger partial charge in [0.2, 0.25) is 17.2 Å². The lowest BCUT2D eigenvalue weighted by molar-refractivity contribution is 0.122. The van der Waals surface area contributed by atoms with E-state index in [1.807, 2.05) is 0 Å². The Bertz CT molecular complexity index is 480. The second kappa shape index (κ2) is 6.75. The molecule has 1 aliphatic heterocycles. The Morgan fingerprint density at radius 1 is 1.24 bits per heavy atom. The molecule has 0 spiro atoms. The summed E-state index contributed by atoms with van der Waals surface area (Å²) in [5.74, 6) is 2.69. The molecule has 0 aromatic carbocycles. The van der Waals surface area contributed by atoms with Crippen LogP contribution in [0.2, 0.25) is 5.28 Å². The third-order valence-electron chi connectivity index (χ3n) is 4.45. The first-order valence-corrected chi connectivity index (χ1v) is 8.08. The molecule has 1 saturated carbocycles. The maximum Gasteiger partial charge on any atom is 0.231 e. The highest BCUT2D eigenvalue weighted by Crippen LogP contribution is 2.31. The van der Waals surface area contributed by atoms with E-state index in [1.54, 1.807) is 0 Å². The molecule has 0 radical (unpaired) electrons. The molecule has 21 heavy (non-hydrogen) atoms. The molecule has 2 fully saturated rings. The number of morpholine rings is 1. The number of hydrogen-bond donors (Lipinski definition) is 1. The Labute approximate surface area is 130 Å². The second-order valence-corrected chi connectivity index (χ2v) is 6.21. The van der Waals surface area contributed by atoms with Crippen LogP contribution in [0.15, 0.2) is 0 Å². The SMILES string of the molecule is CC1CCCC1CNc1nc(Cl)nc(N2CCOCC2)n1. The van der Waals surface area contributed by atoms with Gasteiger partial charge in [-0.05, 0) is 29.9 Å². The summed E-state index contributed by atoms with van der Waals surface area (Å²) >= 11 is 6.03. The van der Waals surface area contributed by atoms with Crippen LogP contribution in [0.25, 0.3) is 0 Å². The average molecular weight is 312 g/mol. The van der Waals surface area contributed by atoms with Crippen molar-refractivity contribution in [3.05, 3.63) is 5.28 Å². The van der Waals surface area contributed by atoms with Crippen LogP contribution in [0, 0.1) is 11.8 Å². The van der Waals surface area contributed by atoms with Gasteiger partial charge in [0.25, 0.3) is 0 Å². The van der Waals surface area contributed by atoms with Crippen molar-refractivity contribution in [2.75, 3.05) is 43.1 Å². The van der Waals surface area contributed by atoms with E-state index in [0.29, 0.717) is 31.0 Å². The first-order valence-electron chi connectivity index (χ1n) is 7.70. The zero-order chi connectivity index (χ0) is 14.7. The number of anilines is 2. The van der Waals surface area contributed by atoms with Crippen LogP contribution in [0.5, 0.6) is 0 Å². The first-order chi connectivity index (χ1) is 10.2. The molecule has 0 bridgehead atoms. The molecule has 3 rings (SSSR count). The zero-order valence-electron chi connectivity index (χ0n) is 12.4. The van der Waals surface area contributed by atoms with Gasteiger partial charge in [0.15, 0.2) is 0 Å². The van der Waals surface area contributed by atoms with Crippen LogP contribution < -0.4 is 10.2 Å². The summed E-state index contributed by atoms with van der Waals surface area (Å²) in [6.45, 7) is 6.21. The topological polar surface area (TPSA) is 63.2 Å².